The van der Waals surface area contributed by atoms with Crippen molar-refractivity contribution in [3.05, 3.63) is 0 Å². The molecule has 0 aromatic carbocycles. The molecule has 1 aliphatic heterocycles. The van der Waals surface area contributed by atoms with E-state index < -0.39 is 15.9 Å². The van der Waals surface area contributed by atoms with Crippen molar-refractivity contribution in [3.63, 3.8) is 0 Å². The fraction of sp³-hybridized carbons (Fsp3) is 1.00. The fourth-order valence-electron chi connectivity index (χ4n) is 1.84. The van der Waals surface area contributed by atoms with E-state index in [1.165, 1.54) is 41.0 Å². The van der Waals surface area contributed by atoms with Gasteiger partial charge in [0.25, 0.3) is 0 Å². The first kappa shape index (κ1) is 12.3. The van der Waals surface area contributed by atoms with Gasteiger partial charge in [-0.1, -0.05) is 0 Å². The predicted molar refractivity (Wildman–Crippen MR) is 69.7 cm³/mol. The molecule has 72 valence electrons. The summed E-state index contributed by atoms with van der Waals surface area (Å²) in [6.07, 6.45) is 0. The Morgan fingerprint density at radius 3 is 0.833 bits per heavy atom. The van der Waals surface area contributed by atoms with Crippen LogP contribution in [0, 0.1) is 0 Å². The van der Waals surface area contributed by atoms with Gasteiger partial charge in [0, 0.05) is 0 Å². The third-order valence-corrected chi connectivity index (χ3v) is 118. The Morgan fingerprint density at radius 2 is 0.667 bits per heavy atom. The molecule has 0 atom stereocenters. The summed E-state index contributed by atoms with van der Waals surface area (Å²) in [5, 5.41) is -1.79. The van der Waals surface area contributed by atoms with Crippen molar-refractivity contribution in [1.82, 2.24) is 0 Å². The average molecular weight is 411 g/mol. The second-order valence-corrected chi connectivity index (χ2v) is 77.3. The number of hydrogen-bond acceptors (Lipinski definition) is 0. The molecule has 0 amide bonds. The van der Waals surface area contributed by atoms with Crippen molar-refractivity contribution in [2.24, 2.45) is 0 Å². The predicted octanol–water partition coefficient (Wildman–Crippen LogP) is 1.22. The van der Waals surface area contributed by atoms with Crippen LogP contribution < -0.4 is 0 Å². The second kappa shape index (κ2) is 3.66. The van der Waals surface area contributed by atoms with Crippen LogP contribution in [0.3, 0.4) is 0 Å². The standard InChI is InChI=1S/C6H18Se3Si3/c1-10(2)7-11(3,4)9-12(5,6)8-10/h1-6H3. The van der Waals surface area contributed by atoms with E-state index in [0.717, 1.165) is 0 Å². The van der Waals surface area contributed by atoms with Crippen LogP contribution in [0.1, 0.15) is 0 Å². The molecular weight excluding hydrogens is 393 g/mol. The Kier molecular flexibility index (Phi) is 3.74. The molecule has 1 rings (SSSR count). The zero-order valence-electron chi connectivity index (χ0n) is 8.72. The minimum atomic E-state index is -0.597. The van der Waals surface area contributed by atoms with Crippen molar-refractivity contribution in [2.75, 3.05) is 0 Å². The molecule has 0 saturated carbocycles. The van der Waals surface area contributed by atoms with Gasteiger partial charge in [-0.3, -0.25) is 0 Å². The molecule has 12 heavy (non-hydrogen) atoms. The van der Waals surface area contributed by atoms with Gasteiger partial charge in [-0.25, -0.2) is 0 Å². The summed E-state index contributed by atoms with van der Waals surface area (Å²) < 4.78 is 0. The van der Waals surface area contributed by atoms with Crippen molar-refractivity contribution in [2.45, 2.75) is 39.3 Å². The monoisotopic (exact) mass is 414 g/mol. The zero-order valence-corrected chi connectivity index (χ0v) is 16.9. The van der Waals surface area contributed by atoms with Gasteiger partial charge in [-0.2, -0.15) is 0 Å². The van der Waals surface area contributed by atoms with Crippen LogP contribution in [0.5, 0.6) is 0 Å². The normalized spacial score (nSPS) is 31.5. The molecule has 6 heteroatoms. The summed E-state index contributed by atoms with van der Waals surface area (Å²) in [6, 6.07) is 0. The van der Waals surface area contributed by atoms with Crippen LogP contribution in [-0.4, -0.2) is 56.9 Å². The molecule has 1 fully saturated rings. The van der Waals surface area contributed by atoms with E-state index in [4.69, 9.17) is 0 Å². The number of rotatable bonds is 0. The molecule has 0 unspecified atom stereocenters. The average Bonchev–Trinajstić information content (AvgIpc) is 1.44. The molecule has 1 saturated heterocycles. The molecule has 0 aromatic heterocycles. The Bertz CT molecular complexity index is 145. The van der Waals surface area contributed by atoms with Crippen molar-refractivity contribution in [3.8, 4) is 0 Å². The second-order valence-electron chi connectivity index (χ2n) is 4.51. The fourth-order valence-corrected chi connectivity index (χ4v) is 289. The third-order valence-electron chi connectivity index (χ3n) is 1.47. The van der Waals surface area contributed by atoms with E-state index in [-0.39, 0.29) is 0 Å². The Balaban J connectivity index is 2.81. The third kappa shape index (κ3) is 3.76. The van der Waals surface area contributed by atoms with Gasteiger partial charge >= 0.3 is 96.2 Å². The summed E-state index contributed by atoms with van der Waals surface area (Å²) in [5.74, 6) is 0. The summed E-state index contributed by atoms with van der Waals surface area (Å²) in [7, 11) is 0. The van der Waals surface area contributed by atoms with Crippen molar-refractivity contribution in [1.29, 1.82) is 0 Å². The van der Waals surface area contributed by atoms with Crippen LogP contribution >= 0.6 is 0 Å². The Morgan fingerprint density at radius 1 is 0.500 bits per heavy atom. The van der Waals surface area contributed by atoms with Gasteiger partial charge in [0.05, 0.1) is 0 Å². The summed E-state index contributed by atoms with van der Waals surface area (Å²) >= 11 is 3.51. The van der Waals surface area contributed by atoms with Crippen LogP contribution in [0.4, 0.5) is 0 Å². The Hall–Kier alpha value is 2.21. The SMILES string of the molecule is C[Si]1(C)[Se][Si](C)(C)[Se][Si](C)(C)[Se]1. The maximum absolute atomic E-state index is 2.69. The van der Waals surface area contributed by atoms with Gasteiger partial charge in [-0.15, -0.1) is 0 Å². The van der Waals surface area contributed by atoms with Crippen LogP contribution in [0.15, 0.2) is 0 Å². The van der Waals surface area contributed by atoms with Crippen LogP contribution in [0.2, 0.25) is 39.3 Å². The molecule has 1 heterocycles. The minimum absolute atomic E-state index is 0.597. The summed E-state index contributed by atoms with van der Waals surface area (Å²) in [6.45, 7) is 16.1. The first-order chi connectivity index (χ1) is 5.12. The molecule has 0 nitrogen and oxygen atoms in total. The zero-order chi connectivity index (χ0) is 9.62. The van der Waals surface area contributed by atoms with E-state index in [1.54, 1.807) is 0 Å². The van der Waals surface area contributed by atoms with Crippen molar-refractivity contribution >= 4 is 56.9 Å². The molecule has 0 aromatic rings. The Labute approximate surface area is 95.2 Å². The summed E-state index contributed by atoms with van der Waals surface area (Å²) in [5.41, 5.74) is 0. The van der Waals surface area contributed by atoms with Gasteiger partial charge in [0.1, 0.15) is 0 Å². The topological polar surface area (TPSA) is 0 Å². The maximum atomic E-state index is 2.69. The van der Waals surface area contributed by atoms with Gasteiger partial charge in [0.2, 0.25) is 0 Å². The molecular formula is C6H18Se3Si3. The van der Waals surface area contributed by atoms with Gasteiger partial charge < -0.3 is 0 Å². The molecule has 0 aliphatic carbocycles. The van der Waals surface area contributed by atoms with E-state index in [1.807, 2.05) is 0 Å². The number of hydrogen-bond donors (Lipinski definition) is 0. The van der Waals surface area contributed by atoms with E-state index in [0.29, 0.717) is 0 Å². The molecule has 0 N–H and O–H groups in total. The van der Waals surface area contributed by atoms with Crippen LogP contribution in [-0.2, 0) is 0 Å². The quantitative estimate of drug-likeness (QED) is 0.526. The molecule has 0 bridgehead atoms. The van der Waals surface area contributed by atoms with Gasteiger partial charge in [-0.05, 0) is 0 Å². The van der Waals surface area contributed by atoms with E-state index in [2.05, 4.69) is 39.3 Å². The van der Waals surface area contributed by atoms with E-state index >= 15 is 0 Å². The molecule has 1 aliphatic rings. The molecule has 0 spiro atoms. The first-order valence-corrected chi connectivity index (χ1v) is 28.1. The van der Waals surface area contributed by atoms with Crippen LogP contribution in [0.25, 0.3) is 0 Å². The van der Waals surface area contributed by atoms with E-state index in [9.17, 15) is 0 Å². The van der Waals surface area contributed by atoms with Gasteiger partial charge in [0.15, 0.2) is 0 Å². The molecule has 0 radical (unpaired) electrons. The first-order valence-electron chi connectivity index (χ1n) is 4.22. The van der Waals surface area contributed by atoms with Crippen molar-refractivity contribution < 1.29 is 0 Å². The summed E-state index contributed by atoms with van der Waals surface area (Å²) in [4.78, 5) is 0.